The molecule has 0 aliphatic rings. The quantitative estimate of drug-likeness (QED) is 0.913. The first-order chi connectivity index (χ1) is 8.70. The minimum absolute atomic E-state index is 0.0833. The zero-order valence-corrected chi connectivity index (χ0v) is 11.0. The van der Waals surface area contributed by atoms with Crippen LogP contribution in [0.4, 0.5) is 0 Å². The second-order valence-electron chi connectivity index (χ2n) is 4.18. The molecule has 0 aliphatic carbocycles. The summed E-state index contributed by atoms with van der Waals surface area (Å²) in [4.78, 5) is 0. The number of methoxy groups -OCH3 is 1. The van der Waals surface area contributed by atoms with E-state index in [2.05, 4.69) is 0 Å². The molecule has 0 fully saturated rings. The van der Waals surface area contributed by atoms with Crippen LogP contribution in [0.3, 0.4) is 0 Å². The van der Waals surface area contributed by atoms with E-state index in [1.807, 2.05) is 48.5 Å². The van der Waals surface area contributed by atoms with E-state index in [1.54, 1.807) is 7.11 Å². The molecular formula is C15H16ClNO. The molecule has 94 valence electrons. The Hall–Kier alpha value is -1.51. The third-order valence-corrected chi connectivity index (χ3v) is 3.29. The number of hydrogen-bond acceptors (Lipinski definition) is 2. The fourth-order valence-electron chi connectivity index (χ4n) is 1.89. The summed E-state index contributed by atoms with van der Waals surface area (Å²) in [6.45, 7) is 0. The Labute approximate surface area is 112 Å². The summed E-state index contributed by atoms with van der Waals surface area (Å²) in [5.74, 6) is 0.821. The van der Waals surface area contributed by atoms with Crippen molar-refractivity contribution < 1.29 is 4.74 Å². The van der Waals surface area contributed by atoms with Crippen LogP contribution in [0.15, 0.2) is 48.5 Å². The highest BCUT2D eigenvalue weighted by Crippen LogP contribution is 2.24. The zero-order chi connectivity index (χ0) is 13.0. The molecule has 0 saturated carbocycles. The number of benzene rings is 2. The van der Waals surface area contributed by atoms with Crippen molar-refractivity contribution in [3.05, 3.63) is 64.7 Å². The minimum atomic E-state index is -0.0833. The summed E-state index contributed by atoms with van der Waals surface area (Å²) in [6, 6.07) is 15.5. The molecule has 3 heteroatoms. The van der Waals surface area contributed by atoms with Crippen molar-refractivity contribution in [3.63, 3.8) is 0 Å². The standard InChI is InChI=1S/C15H16ClNO/c1-18-13-7-4-6-12(9-13)15(17)10-11-5-2-3-8-14(11)16/h2-9,15H,10,17H2,1H3. The van der Waals surface area contributed by atoms with Gasteiger partial charge < -0.3 is 10.5 Å². The summed E-state index contributed by atoms with van der Waals surface area (Å²) in [5, 5.41) is 0.760. The van der Waals surface area contributed by atoms with Gasteiger partial charge in [0.25, 0.3) is 0 Å². The van der Waals surface area contributed by atoms with Gasteiger partial charge in [-0.1, -0.05) is 41.9 Å². The Bertz CT molecular complexity index is 527. The van der Waals surface area contributed by atoms with Gasteiger partial charge in [0.1, 0.15) is 5.75 Å². The maximum Gasteiger partial charge on any atom is 0.119 e. The molecule has 2 nitrogen and oxygen atoms in total. The fourth-order valence-corrected chi connectivity index (χ4v) is 2.10. The largest absolute Gasteiger partial charge is 0.497 e. The van der Waals surface area contributed by atoms with Gasteiger partial charge in [-0.15, -0.1) is 0 Å². The van der Waals surface area contributed by atoms with E-state index in [-0.39, 0.29) is 6.04 Å². The molecule has 0 bridgehead atoms. The highest BCUT2D eigenvalue weighted by atomic mass is 35.5. The molecule has 18 heavy (non-hydrogen) atoms. The van der Waals surface area contributed by atoms with Crippen molar-refractivity contribution in [3.8, 4) is 5.75 Å². The molecule has 2 aromatic carbocycles. The topological polar surface area (TPSA) is 35.2 Å². The molecule has 2 N–H and O–H groups in total. The van der Waals surface area contributed by atoms with Crippen molar-refractivity contribution >= 4 is 11.6 Å². The van der Waals surface area contributed by atoms with Crippen molar-refractivity contribution in [1.29, 1.82) is 0 Å². The molecule has 0 amide bonds. The summed E-state index contributed by atoms with van der Waals surface area (Å²) in [5.41, 5.74) is 8.32. The highest BCUT2D eigenvalue weighted by Gasteiger charge is 2.09. The van der Waals surface area contributed by atoms with Crippen LogP contribution in [-0.4, -0.2) is 7.11 Å². The van der Waals surface area contributed by atoms with E-state index in [0.717, 1.165) is 21.9 Å². The molecular weight excluding hydrogens is 246 g/mol. The Balaban J connectivity index is 2.16. The molecule has 0 radical (unpaired) electrons. The first kappa shape index (κ1) is 12.9. The molecule has 1 atom stereocenters. The van der Waals surface area contributed by atoms with Crippen molar-refractivity contribution in [1.82, 2.24) is 0 Å². The van der Waals surface area contributed by atoms with E-state index in [9.17, 15) is 0 Å². The average Bonchev–Trinajstić information content (AvgIpc) is 2.41. The number of hydrogen-bond donors (Lipinski definition) is 1. The van der Waals surface area contributed by atoms with E-state index >= 15 is 0 Å². The van der Waals surface area contributed by atoms with Crippen LogP contribution in [0.25, 0.3) is 0 Å². The molecule has 0 aromatic heterocycles. The lowest BCUT2D eigenvalue weighted by Crippen LogP contribution is -2.13. The smallest absolute Gasteiger partial charge is 0.119 e. The van der Waals surface area contributed by atoms with Gasteiger partial charge in [0.05, 0.1) is 7.11 Å². The van der Waals surface area contributed by atoms with Crippen LogP contribution < -0.4 is 10.5 Å². The molecule has 0 spiro atoms. The number of rotatable bonds is 4. The predicted octanol–water partition coefficient (Wildman–Crippen LogP) is 3.59. The normalized spacial score (nSPS) is 12.2. The molecule has 0 saturated heterocycles. The van der Waals surface area contributed by atoms with Crippen molar-refractivity contribution in [2.75, 3.05) is 7.11 Å². The first-order valence-electron chi connectivity index (χ1n) is 5.83. The lowest BCUT2D eigenvalue weighted by atomic mass is 9.99. The van der Waals surface area contributed by atoms with E-state index in [1.165, 1.54) is 0 Å². The minimum Gasteiger partial charge on any atom is -0.497 e. The Morgan fingerprint density at radius 3 is 2.67 bits per heavy atom. The van der Waals surface area contributed by atoms with Crippen LogP contribution in [0.5, 0.6) is 5.75 Å². The van der Waals surface area contributed by atoms with Crippen molar-refractivity contribution in [2.24, 2.45) is 5.73 Å². The van der Waals surface area contributed by atoms with Gasteiger partial charge >= 0.3 is 0 Å². The maximum atomic E-state index is 6.21. The summed E-state index contributed by atoms with van der Waals surface area (Å²) >= 11 is 6.13. The molecule has 0 aliphatic heterocycles. The van der Waals surface area contributed by atoms with Gasteiger partial charge in [-0.05, 0) is 35.7 Å². The molecule has 0 heterocycles. The van der Waals surface area contributed by atoms with Gasteiger partial charge in [-0.25, -0.2) is 0 Å². The second-order valence-corrected chi connectivity index (χ2v) is 4.59. The SMILES string of the molecule is COc1cccc(C(N)Cc2ccccc2Cl)c1. The lowest BCUT2D eigenvalue weighted by molar-refractivity contribution is 0.414. The van der Waals surface area contributed by atoms with E-state index < -0.39 is 0 Å². The van der Waals surface area contributed by atoms with Crippen LogP contribution in [-0.2, 0) is 6.42 Å². The fraction of sp³-hybridized carbons (Fsp3) is 0.200. The van der Waals surface area contributed by atoms with Crippen molar-refractivity contribution in [2.45, 2.75) is 12.5 Å². The average molecular weight is 262 g/mol. The number of halogens is 1. The second kappa shape index (κ2) is 5.89. The molecule has 1 unspecified atom stereocenters. The van der Waals surface area contributed by atoms with Gasteiger partial charge in [-0.2, -0.15) is 0 Å². The summed E-state index contributed by atoms with van der Waals surface area (Å²) in [7, 11) is 1.65. The third-order valence-electron chi connectivity index (χ3n) is 2.92. The van der Waals surface area contributed by atoms with E-state index in [4.69, 9.17) is 22.1 Å². The third kappa shape index (κ3) is 3.03. The van der Waals surface area contributed by atoms with Gasteiger partial charge in [0.15, 0.2) is 0 Å². The van der Waals surface area contributed by atoms with E-state index in [0.29, 0.717) is 6.42 Å². The lowest BCUT2D eigenvalue weighted by Gasteiger charge is -2.14. The summed E-state index contributed by atoms with van der Waals surface area (Å²) in [6.07, 6.45) is 0.715. The Morgan fingerprint density at radius 1 is 1.17 bits per heavy atom. The number of nitrogens with two attached hydrogens (primary N) is 1. The number of ether oxygens (including phenoxy) is 1. The first-order valence-corrected chi connectivity index (χ1v) is 6.21. The monoisotopic (exact) mass is 261 g/mol. The highest BCUT2D eigenvalue weighted by molar-refractivity contribution is 6.31. The predicted molar refractivity (Wildman–Crippen MR) is 75.1 cm³/mol. The zero-order valence-electron chi connectivity index (χ0n) is 10.3. The Kier molecular flexibility index (Phi) is 4.24. The van der Waals surface area contributed by atoms with Crippen LogP contribution in [0, 0.1) is 0 Å². The van der Waals surface area contributed by atoms with Crippen LogP contribution >= 0.6 is 11.6 Å². The Morgan fingerprint density at radius 2 is 1.94 bits per heavy atom. The van der Waals surface area contributed by atoms with Gasteiger partial charge in [-0.3, -0.25) is 0 Å². The van der Waals surface area contributed by atoms with Crippen LogP contribution in [0.1, 0.15) is 17.2 Å². The van der Waals surface area contributed by atoms with Crippen LogP contribution in [0.2, 0.25) is 5.02 Å². The van der Waals surface area contributed by atoms with Gasteiger partial charge in [0, 0.05) is 11.1 Å². The molecule has 2 aromatic rings. The van der Waals surface area contributed by atoms with Gasteiger partial charge in [0.2, 0.25) is 0 Å². The summed E-state index contributed by atoms with van der Waals surface area (Å²) < 4.78 is 5.20. The molecule has 2 rings (SSSR count). The maximum absolute atomic E-state index is 6.21.